The number of aromatic nitrogens is 5. The molecule has 0 spiro atoms. The van der Waals surface area contributed by atoms with Crippen molar-refractivity contribution >= 4 is 28.7 Å². The molecule has 6 rings (SSSR count). The Morgan fingerprint density at radius 2 is 1.81 bits per heavy atom. The van der Waals surface area contributed by atoms with Crippen molar-refractivity contribution in [3.63, 3.8) is 0 Å². The van der Waals surface area contributed by atoms with Crippen LogP contribution in [0.25, 0.3) is 10.9 Å². The van der Waals surface area contributed by atoms with Gasteiger partial charge in [-0.05, 0) is 73.7 Å². The van der Waals surface area contributed by atoms with Crippen molar-refractivity contribution in [3.8, 4) is 5.75 Å². The third-order valence-electron chi connectivity index (χ3n) is 8.82. The number of benzene rings is 2. The van der Waals surface area contributed by atoms with Gasteiger partial charge in [-0.3, -0.25) is 9.59 Å². The van der Waals surface area contributed by atoms with Crippen molar-refractivity contribution in [1.29, 1.82) is 0 Å². The van der Waals surface area contributed by atoms with Crippen LogP contribution in [0, 0.1) is 5.92 Å². The molecule has 2 bridgehead atoms. The smallest absolute Gasteiger partial charge is 0.263 e. The van der Waals surface area contributed by atoms with Crippen molar-refractivity contribution in [1.82, 2.24) is 41.1 Å². The van der Waals surface area contributed by atoms with E-state index in [9.17, 15) is 14.7 Å². The second-order valence-electron chi connectivity index (χ2n) is 11.5. The summed E-state index contributed by atoms with van der Waals surface area (Å²) in [6.45, 7) is 0.350. The zero-order valence-corrected chi connectivity index (χ0v) is 23.6. The van der Waals surface area contributed by atoms with E-state index in [1.807, 2.05) is 24.4 Å². The molecular weight excluding hydrogens is 534 g/mol. The van der Waals surface area contributed by atoms with Gasteiger partial charge in [-0.25, -0.2) is 0 Å². The summed E-state index contributed by atoms with van der Waals surface area (Å²) >= 11 is 0. The number of para-hydroxylation sites is 1. The number of H-pyrrole nitrogens is 2. The van der Waals surface area contributed by atoms with Gasteiger partial charge in [0.25, 0.3) is 5.95 Å². The van der Waals surface area contributed by atoms with E-state index in [2.05, 4.69) is 59.6 Å². The van der Waals surface area contributed by atoms with Gasteiger partial charge in [-0.1, -0.05) is 35.4 Å². The molecule has 2 fully saturated rings. The number of amides is 2. The number of piperidine rings is 1. The second-order valence-corrected chi connectivity index (χ2v) is 11.5. The molecule has 12 heteroatoms. The highest BCUT2D eigenvalue weighted by molar-refractivity contribution is 5.89. The van der Waals surface area contributed by atoms with Gasteiger partial charge in [-0.15, -0.1) is 5.10 Å². The number of aromatic hydroxyl groups is 1. The molecular formula is C30H37N9O3. The quantitative estimate of drug-likeness (QED) is 0.159. The first-order valence-electron chi connectivity index (χ1n) is 14.6. The Kier molecular flexibility index (Phi) is 8.04. The fourth-order valence-electron chi connectivity index (χ4n) is 6.49. The summed E-state index contributed by atoms with van der Waals surface area (Å²) in [6, 6.07) is 14.5. The van der Waals surface area contributed by atoms with Gasteiger partial charge in [-0.2, -0.15) is 5.21 Å². The maximum Gasteiger partial charge on any atom is 0.263 e. The summed E-state index contributed by atoms with van der Waals surface area (Å²) in [5.74, 6) is 0.0239. The Labute approximate surface area is 243 Å². The summed E-state index contributed by atoms with van der Waals surface area (Å²) in [5, 5.41) is 34.2. The number of carbonyl (C=O) groups excluding carboxylic acids is 2. The Balaban J connectivity index is 1.20. The first-order chi connectivity index (χ1) is 20.4. The van der Waals surface area contributed by atoms with E-state index in [4.69, 9.17) is 0 Å². The van der Waals surface area contributed by atoms with Gasteiger partial charge in [0.05, 0.1) is 6.04 Å². The first kappa shape index (κ1) is 27.7. The van der Waals surface area contributed by atoms with Gasteiger partial charge in [0.1, 0.15) is 11.8 Å². The fraction of sp³-hybridized carbons (Fsp3) is 0.433. The van der Waals surface area contributed by atoms with Crippen molar-refractivity contribution in [3.05, 3.63) is 65.9 Å². The maximum atomic E-state index is 13.9. The Hall–Kier alpha value is -4.45. The summed E-state index contributed by atoms with van der Waals surface area (Å²) in [5.41, 5.74) is 2.93. The number of fused-ring (bicyclic) bond motifs is 3. The van der Waals surface area contributed by atoms with Crippen LogP contribution in [0.5, 0.6) is 5.75 Å². The van der Waals surface area contributed by atoms with E-state index < -0.39 is 6.04 Å². The van der Waals surface area contributed by atoms with Gasteiger partial charge >= 0.3 is 0 Å². The third-order valence-corrected chi connectivity index (χ3v) is 8.82. The van der Waals surface area contributed by atoms with Crippen molar-refractivity contribution < 1.29 is 14.7 Å². The van der Waals surface area contributed by atoms with Gasteiger partial charge in [0.2, 0.25) is 11.8 Å². The monoisotopic (exact) mass is 571 g/mol. The van der Waals surface area contributed by atoms with Crippen LogP contribution < -0.4 is 16.0 Å². The molecule has 4 heterocycles. The van der Waals surface area contributed by atoms with Crippen molar-refractivity contribution in [2.45, 2.75) is 62.7 Å². The highest BCUT2D eigenvalue weighted by atomic mass is 16.3. The molecule has 220 valence electrons. The molecule has 2 aliphatic heterocycles. The number of nitrogens with one attached hydrogen (secondary N) is 5. The minimum atomic E-state index is -0.782. The Bertz CT molecular complexity index is 1490. The molecule has 2 amide bonds. The SMILES string of the molecule is CN1C2CCC1CC(C(=O)NC(Cc1ccc(O)cc1)C(=O)NC(CNc1nn[nH]n1)Cc1c[nH]c3ccccc13)C2. The second kappa shape index (κ2) is 12.2. The number of phenolic OH excluding ortho intramolecular Hbond substituents is 1. The average molecular weight is 572 g/mol. The lowest BCUT2D eigenvalue weighted by Crippen LogP contribution is -2.54. The number of rotatable bonds is 11. The Morgan fingerprint density at radius 3 is 2.55 bits per heavy atom. The summed E-state index contributed by atoms with van der Waals surface area (Å²) in [4.78, 5) is 33.2. The lowest BCUT2D eigenvalue weighted by atomic mass is 9.90. The number of phenols is 1. The molecule has 6 N–H and O–H groups in total. The molecule has 2 aromatic carbocycles. The van der Waals surface area contributed by atoms with E-state index in [1.165, 1.54) is 0 Å². The van der Waals surface area contributed by atoms with Crippen LogP contribution in [0.1, 0.15) is 36.8 Å². The van der Waals surface area contributed by atoms with E-state index in [0.29, 0.717) is 37.4 Å². The largest absolute Gasteiger partial charge is 0.508 e. The molecule has 4 unspecified atom stereocenters. The average Bonchev–Trinajstić information content (AvgIpc) is 3.70. The van der Waals surface area contributed by atoms with Crippen LogP contribution in [0.15, 0.2) is 54.7 Å². The fourth-order valence-corrected chi connectivity index (χ4v) is 6.49. The number of tetrazole rings is 1. The molecule has 0 saturated carbocycles. The van der Waals surface area contributed by atoms with Crippen LogP contribution in [0.4, 0.5) is 5.95 Å². The van der Waals surface area contributed by atoms with E-state index in [1.54, 1.807) is 24.3 Å². The molecule has 4 atom stereocenters. The highest BCUT2D eigenvalue weighted by Gasteiger charge is 2.41. The number of aromatic amines is 2. The zero-order chi connectivity index (χ0) is 29.1. The molecule has 2 aromatic heterocycles. The minimum absolute atomic E-state index is 0.0722. The van der Waals surface area contributed by atoms with E-state index >= 15 is 0 Å². The van der Waals surface area contributed by atoms with Crippen LogP contribution in [0.2, 0.25) is 0 Å². The molecule has 0 radical (unpaired) electrons. The maximum absolute atomic E-state index is 13.9. The summed E-state index contributed by atoms with van der Waals surface area (Å²) < 4.78 is 0. The van der Waals surface area contributed by atoms with Crippen LogP contribution in [0.3, 0.4) is 0 Å². The lowest BCUT2D eigenvalue weighted by Gasteiger charge is -2.36. The van der Waals surface area contributed by atoms with Gasteiger partial charge in [0.15, 0.2) is 0 Å². The van der Waals surface area contributed by atoms with Crippen LogP contribution in [-0.4, -0.2) is 85.2 Å². The topological polar surface area (TPSA) is 164 Å². The van der Waals surface area contributed by atoms with E-state index in [-0.39, 0.29) is 29.5 Å². The predicted octanol–water partition coefficient (Wildman–Crippen LogP) is 2.13. The minimum Gasteiger partial charge on any atom is -0.508 e. The normalized spacial score (nSPS) is 21.6. The number of hydrogen-bond acceptors (Lipinski definition) is 8. The highest BCUT2D eigenvalue weighted by Crippen LogP contribution is 2.37. The molecule has 2 saturated heterocycles. The van der Waals surface area contributed by atoms with E-state index in [0.717, 1.165) is 47.7 Å². The van der Waals surface area contributed by atoms with Gasteiger partial charge < -0.3 is 30.9 Å². The van der Waals surface area contributed by atoms with Crippen LogP contribution in [-0.2, 0) is 22.4 Å². The molecule has 2 aliphatic rings. The van der Waals surface area contributed by atoms with Crippen molar-refractivity contribution in [2.75, 3.05) is 18.9 Å². The number of nitrogens with zero attached hydrogens (tertiary/aromatic N) is 4. The molecule has 4 aromatic rings. The molecule has 0 aliphatic carbocycles. The third kappa shape index (κ3) is 6.23. The number of carbonyl (C=O) groups is 2. The van der Waals surface area contributed by atoms with Crippen molar-refractivity contribution in [2.24, 2.45) is 5.92 Å². The number of anilines is 1. The molecule has 42 heavy (non-hydrogen) atoms. The van der Waals surface area contributed by atoms with Crippen LogP contribution >= 0.6 is 0 Å². The molecule has 12 nitrogen and oxygen atoms in total. The first-order valence-corrected chi connectivity index (χ1v) is 14.6. The summed E-state index contributed by atoms with van der Waals surface area (Å²) in [7, 11) is 2.15. The predicted molar refractivity (Wildman–Crippen MR) is 158 cm³/mol. The lowest BCUT2D eigenvalue weighted by molar-refractivity contribution is -0.132. The Morgan fingerprint density at radius 1 is 1.05 bits per heavy atom. The number of hydrogen-bond donors (Lipinski definition) is 6. The summed E-state index contributed by atoms with van der Waals surface area (Å²) in [6.07, 6.45) is 6.65. The van der Waals surface area contributed by atoms with Gasteiger partial charge in [0, 0.05) is 48.1 Å². The standard InChI is InChI=1S/C30H37N9O3/c1-39-22-8-9-23(39)15-19(14-22)28(41)34-27(12-18-6-10-24(40)11-7-18)29(42)33-21(17-32-30-35-37-38-36-30)13-20-16-31-26-5-3-2-4-25(20)26/h2-7,10-11,16,19,21-23,27,31,40H,8-9,12-15,17H2,1H3,(H,33,42)(H,34,41)(H2,32,35,36,37,38). The zero-order valence-electron chi connectivity index (χ0n) is 23.6.